The Hall–Kier alpha value is -2.31. The fourth-order valence-electron chi connectivity index (χ4n) is 4.10. The number of likely N-dealkylation sites (tertiary alicyclic amines) is 1. The molecule has 0 spiro atoms. The van der Waals surface area contributed by atoms with E-state index in [0.717, 1.165) is 70.1 Å². The van der Waals surface area contributed by atoms with Crippen molar-refractivity contribution < 1.29 is 13.9 Å². The molecule has 2 saturated heterocycles. The van der Waals surface area contributed by atoms with Crippen LogP contribution in [0.3, 0.4) is 0 Å². The largest absolute Gasteiger partial charge is 0.467 e. The molecule has 1 aromatic heterocycles. The first kappa shape index (κ1) is 19.0. The van der Waals surface area contributed by atoms with Crippen molar-refractivity contribution in [3.63, 3.8) is 0 Å². The van der Waals surface area contributed by atoms with E-state index in [2.05, 4.69) is 10.2 Å². The maximum absolute atomic E-state index is 12.9. The van der Waals surface area contributed by atoms with E-state index in [-0.39, 0.29) is 12.1 Å². The van der Waals surface area contributed by atoms with Crippen LogP contribution in [-0.4, -0.2) is 61.8 Å². The number of benzene rings is 1. The number of amides is 2. The minimum atomic E-state index is -0.269. The molecule has 6 nitrogen and oxygen atoms in total. The zero-order valence-corrected chi connectivity index (χ0v) is 16.3. The third-order valence-corrected chi connectivity index (χ3v) is 5.75. The molecular weight excluding hydrogens is 354 g/mol. The van der Waals surface area contributed by atoms with Gasteiger partial charge in [-0.3, -0.25) is 4.90 Å². The third-order valence-electron chi connectivity index (χ3n) is 5.75. The highest BCUT2D eigenvalue weighted by Gasteiger charge is 2.27. The van der Waals surface area contributed by atoms with Gasteiger partial charge in [-0.2, -0.15) is 0 Å². The molecular formula is C22H29N3O3. The topological polar surface area (TPSA) is 58.0 Å². The highest BCUT2D eigenvalue weighted by Crippen LogP contribution is 2.24. The average Bonchev–Trinajstić information content (AvgIpc) is 3.28. The van der Waals surface area contributed by atoms with Crippen LogP contribution in [0, 0.1) is 5.92 Å². The maximum Gasteiger partial charge on any atom is 0.318 e. The van der Waals surface area contributed by atoms with E-state index < -0.39 is 0 Å². The summed E-state index contributed by atoms with van der Waals surface area (Å²) in [5, 5.41) is 3.17. The normalized spacial score (nSPS) is 20.1. The predicted octanol–water partition coefficient (Wildman–Crippen LogP) is 3.12. The summed E-state index contributed by atoms with van der Waals surface area (Å²) in [5.41, 5.74) is 1.02. The fraction of sp³-hybridized carbons (Fsp3) is 0.500. The quantitative estimate of drug-likeness (QED) is 0.862. The maximum atomic E-state index is 12.9. The molecule has 2 aliphatic rings. The zero-order chi connectivity index (χ0) is 19.2. The van der Waals surface area contributed by atoms with E-state index >= 15 is 0 Å². The van der Waals surface area contributed by atoms with Crippen molar-refractivity contribution in [1.82, 2.24) is 15.1 Å². The first-order valence-electron chi connectivity index (χ1n) is 10.2. The van der Waals surface area contributed by atoms with E-state index in [1.165, 1.54) is 0 Å². The van der Waals surface area contributed by atoms with Gasteiger partial charge in [-0.1, -0.05) is 30.3 Å². The predicted molar refractivity (Wildman–Crippen MR) is 107 cm³/mol. The van der Waals surface area contributed by atoms with Crippen LogP contribution in [0.15, 0.2) is 53.1 Å². The molecule has 1 aromatic carbocycles. The minimum Gasteiger partial charge on any atom is -0.467 e. The molecule has 0 unspecified atom stereocenters. The van der Waals surface area contributed by atoms with Crippen molar-refractivity contribution in [3.8, 4) is 0 Å². The molecule has 1 N–H and O–H groups in total. The zero-order valence-electron chi connectivity index (χ0n) is 16.3. The molecule has 0 saturated carbocycles. The van der Waals surface area contributed by atoms with E-state index in [0.29, 0.717) is 5.92 Å². The van der Waals surface area contributed by atoms with Crippen molar-refractivity contribution in [3.05, 3.63) is 60.1 Å². The molecule has 28 heavy (non-hydrogen) atoms. The second-order valence-electron chi connectivity index (χ2n) is 7.65. The highest BCUT2D eigenvalue weighted by atomic mass is 16.5. The molecule has 2 aliphatic heterocycles. The van der Waals surface area contributed by atoms with Crippen molar-refractivity contribution in [2.45, 2.75) is 18.9 Å². The van der Waals surface area contributed by atoms with Crippen LogP contribution in [0.2, 0.25) is 0 Å². The lowest BCUT2D eigenvalue weighted by molar-refractivity contribution is 0.0258. The number of rotatable bonds is 5. The van der Waals surface area contributed by atoms with Gasteiger partial charge in [-0.15, -0.1) is 0 Å². The number of carbonyl (C=O) groups excluding carboxylic acids is 1. The summed E-state index contributed by atoms with van der Waals surface area (Å²) in [6.07, 6.45) is 3.76. The monoisotopic (exact) mass is 383 g/mol. The Morgan fingerprint density at radius 2 is 1.79 bits per heavy atom. The van der Waals surface area contributed by atoms with Crippen LogP contribution in [0.25, 0.3) is 0 Å². The number of hydrogen-bond donors (Lipinski definition) is 1. The summed E-state index contributed by atoms with van der Waals surface area (Å²) in [6.45, 7) is 6.48. The van der Waals surface area contributed by atoms with Gasteiger partial charge in [0.1, 0.15) is 11.8 Å². The summed E-state index contributed by atoms with van der Waals surface area (Å²) in [6, 6.07) is 13.4. The van der Waals surface area contributed by atoms with Gasteiger partial charge < -0.3 is 19.4 Å². The number of nitrogens with zero attached hydrogens (tertiary/aromatic N) is 2. The van der Waals surface area contributed by atoms with Crippen LogP contribution in [-0.2, 0) is 4.74 Å². The summed E-state index contributed by atoms with van der Waals surface area (Å²) >= 11 is 0. The molecule has 150 valence electrons. The second kappa shape index (κ2) is 9.26. The Balaban J connectivity index is 1.33. The van der Waals surface area contributed by atoms with Crippen LogP contribution >= 0.6 is 0 Å². The number of hydrogen-bond acceptors (Lipinski definition) is 4. The van der Waals surface area contributed by atoms with Gasteiger partial charge in [0.2, 0.25) is 0 Å². The lowest BCUT2D eigenvalue weighted by Gasteiger charge is -2.36. The van der Waals surface area contributed by atoms with Crippen LogP contribution in [0.1, 0.15) is 30.2 Å². The lowest BCUT2D eigenvalue weighted by Crippen LogP contribution is -2.47. The first-order valence-corrected chi connectivity index (χ1v) is 10.2. The molecule has 2 fully saturated rings. The van der Waals surface area contributed by atoms with E-state index in [1.54, 1.807) is 6.26 Å². The number of ether oxygens (including phenoxy) is 1. The standard InChI is InChI=1S/C22H29N3O3/c26-22(23-21(20-7-4-14-28-20)19-5-2-1-3-6-19)25-10-8-18(9-11-25)17-24-12-15-27-16-13-24/h1-7,14,18,21H,8-13,15-17H2,(H,23,26)/t21-/m0/s1. The number of furan rings is 1. The lowest BCUT2D eigenvalue weighted by atomic mass is 9.96. The summed E-state index contributed by atoms with van der Waals surface area (Å²) in [4.78, 5) is 17.4. The van der Waals surface area contributed by atoms with E-state index in [1.807, 2.05) is 47.4 Å². The van der Waals surface area contributed by atoms with Crippen molar-refractivity contribution in [2.75, 3.05) is 45.9 Å². The fourth-order valence-corrected chi connectivity index (χ4v) is 4.10. The summed E-state index contributed by atoms with van der Waals surface area (Å²) in [7, 11) is 0. The molecule has 6 heteroatoms. The van der Waals surface area contributed by atoms with Crippen LogP contribution < -0.4 is 5.32 Å². The minimum absolute atomic E-state index is 0.0184. The van der Waals surface area contributed by atoms with Gasteiger partial charge in [0.05, 0.1) is 19.5 Å². The van der Waals surface area contributed by atoms with Gasteiger partial charge in [0.15, 0.2) is 0 Å². The van der Waals surface area contributed by atoms with Gasteiger partial charge in [-0.05, 0) is 36.5 Å². The number of piperidine rings is 1. The number of nitrogens with one attached hydrogen (secondary N) is 1. The van der Waals surface area contributed by atoms with Crippen molar-refractivity contribution >= 4 is 6.03 Å². The Morgan fingerprint density at radius 3 is 2.46 bits per heavy atom. The van der Waals surface area contributed by atoms with Gasteiger partial charge in [-0.25, -0.2) is 4.79 Å². The van der Waals surface area contributed by atoms with Crippen LogP contribution in [0.4, 0.5) is 4.79 Å². The van der Waals surface area contributed by atoms with Gasteiger partial charge in [0.25, 0.3) is 0 Å². The summed E-state index contributed by atoms with van der Waals surface area (Å²) < 4.78 is 11.0. The number of carbonyl (C=O) groups is 1. The Labute approximate surface area is 166 Å². The molecule has 2 aromatic rings. The first-order chi connectivity index (χ1) is 13.8. The second-order valence-corrected chi connectivity index (χ2v) is 7.65. The van der Waals surface area contributed by atoms with Crippen molar-refractivity contribution in [1.29, 1.82) is 0 Å². The van der Waals surface area contributed by atoms with E-state index in [9.17, 15) is 4.79 Å². The van der Waals surface area contributed by atoms with Gasteiger partial charge in [0, 0.05) is 32.7 Å². The molecule has 4 rings (SSSR count). The molecule has 3 heterocycles. The Morgan fingerprint density at radius 1 is 1.04 bits per heavy atom. The van der Waals surface area contributed by atoms with Gasteiger partial charge >= 0.3 is 6.03 Å². The number of urea groups is 1. The average molecular weight is 383 g/mol. The number of morpholine rings is 1. The Bertz CT molecular complexity index is 721. The van der Waals surface area contributed by atoms with Crippen LogP contribution in [0.5, 0.6) is 0 Å². The molecule has 0 aliphatic carbocycles. The highest BCUT2D eigenvalue weighted by molar-refractivity contribution is 5.75. The SMILES string of the molecule is O=C(N[C@@H](c1ccccc1)c1ccco1)N1CCC(CN2CCOCC2)CC1. The third kappa shape index (κ3) is 4.75. The van der Waals surface area contributed by atoms with E-state index in [4.69, 9.17) is 9.15 Å². The molecule has 0 radical (unpaired) electrons. The molecule has 1 atom stereocenters. The molecule has 0 bridgehead atoms. The smallest absolute Gasteiger partial charge is 0.318 e. The Kier molecular flexibility index (Phi) is 6.29. The van der Waals surface area contributed by atoms with Crippen molar-refractivity contribution in [2.24, 2.45) is 5.92 Å². The molecule has 2 amide bonds. The summed E-state index contributed by atoms with van der Waals surface area (Å²) in [5.74, 6) is 1.42.